The number of ether oxygens (including phenoxy) is 1. The van der Waals surface area contributed by atoms with Crippen LogP contribution in [-0.4, -0.2) is 29.3 Å². The first-order valence-corrected chi connectivity index (χ1v) is 14.8. The molecule has 0 aliphatic carbocycles. The van der Waals surface area contributed by atoms with Crippen molar-refractivity contribution in [2.75, 3.05) is 6.61 Å². The summed E-state index contributed by atoms with van der Waals surface area (Å²) in [7, 11) is -2.55. The van der Waals surface area contributed by atoms with Crippen LogP contribution in [0, 0.1) is 5.82 Å². The normalized spacial score (nSPS) is 21.3. The lowest BCUT2D eigenvalue weighted by atomic mass is 9.90. The van der Waals surface area contributed by atoms with Crippen LogP contribution in [0.1, 0.15) is 30.9 Å². The minimum atomic E-state index is -2.55. The average Bonchev–Trinajstić information content (AvgIpc) is 2.96. The van der Waals surface area contributed by atoms with Crippen molar-refractivity contribution in [3.05, 3.63) is 127 Å². The summed E-state index contributed by atoms with van der Waals surface area (Å²) in [6.07, 6.45) is 2.80. The molecule has 194 valence electrons. The van der Waals surface area contributed by atoms with Crippen molar-refractivity contribution in [3.63, 3.8) is 0 Å². The molecule has 0 radical (unpaired) electrons. The SMILES string of the molecule is O=C1C([P+](c2ccccc2)(c2ccccc2)c2ccccc2)OC[C@@H]2CCC[C@H](c3ccc(F)cc3)N12.[Br-]. The Morgan fingerprint density at radius 2 is 1.21 bits per heavy atom. The van der Waals surface area contributed by atoms with Gasteiger partial charge in [0.25, 0.3) is 11.8 Å². The molecule has 6 rings (SSSR count). The lowest BCUT2D eigenvalue weighted by Crippen LogP contribution is -3.00. The molecule has 2 aliphatic heterocycles. The summed E-state index contributed by atoms with van der Waals surface area (Å²) < 4.78 is 20.4. The molecule has 6 heteroatoms. The van der Waals surface area contributed by atoms with Crippen LogP contribution in [0.2, 0.25) is 0 Å². The maximum atomic E-state index is 14.7. The zero-order valence-electron chi connectivity index (χ0n) is 21.0. The summed E-state index contributed by atoms with van der Waals surface area (Å²) >= 11 is 0. The fraction of sp³-hybridized carbons (Fsp3) is 0.219. The molecule has 2 aliphatic rings. The Bertz CT molecular complexity index is 1260. The quantitative estimate of drug-likeness (QED) is 0.335. The standard InChI is InChI=1S/C32H30FNO2P.BrH/c33-25-21-19-24(20-22-25)30-18-10-11-26-23-36-32(31(35)34(26)30)37(27-12-4-1-5-13-27,28-14-6-2-7-15-28)29-16-8-3-9-17-29;/h1-9,12-17,19-22,26,30,32H,10-11,18,23H2;1H/q+1;/p-1/t26-,30+,32?;/m0./s1. The largest absolute Gasteiger partial charge is 1.00 e. The predicted octanol–water partition coefficient (Wildman–Crippen LogP) is 2.60. The highest BCUT2D eigenvalue weighted by molar-refractivity contribution is 7.96. The highest BCUT2D eigenvalue weighted by Gasteiger charge is 2.61. The van der Waals surface area contributed by atoms with E-state index in [0.29, 0.717) is 6.61 Å². The number of amides is 1. The van der Waals surface area contributed by atoms with Crippen LogP contribution in [0.25, 0.3) is 0 Å². The lowest BCUT2D eigenvalue weighted by molar-refractivity contribution is -0.159. The van der Waals surface area contributed by atoms with Crippen molar-refractivity contribution in [2.45, 2.75) is 37.2 Å². The van der Waals surface area contributed by atoms with Crippen molar-refractivity contribution >= 4 is 29.1 Å². The predicted molar refractivity (Wildman–Crippen MR) is 149 cm³/mol. The molecule has 0 bridgehead atoms. The number of hydrogen-bond acceptors (Lipinski definition) is 2. The van der Waals surface area contributed by atoms with Crippen LogP contribution >= 0.6 is 7.26 Å². The number of fused-ring (bicyclic) bond motifs is 1. The van der Waals surface area contributed by atoms with Gasteiger partial charge in [0.2, 0.25) is 0 Å². The molecule has 4 aromatic rings. The van der Waals surface area contributed by atoms with E-state index in [9.17, 15) is 9.18 Å². The van der Waals surface area contributed by atoms with Gasteiger partial charge in [-0.05, 0) is 73.4 Å². The molecule has 3 atom stereocenters. The molecule has 2 heterocycles. The third-order valence-corrected chi connectivity index (χ3v) is 12.2. The summed E-state index contributed by atoms with van der Waals surface area (Å²) in [5.41, 5.74) is 0.989. The second-order valence-electron chi connectivity index (χ2n) is 9.81. The van der Waals surface area contributed by atoms with Crippen LogP contribution in [0.5, 0.6) is 0 Å². The first kappa shape index (κ1) is 26.7. The first-order chi connectivity index (χ1) is 18.2. The van der Waals surface area contributed by atoms with Crippen molar-refractivity contribution in [1.29, 1.82) is 0 Å². The van der Waals surface area contributed by atoms with Gasteiger partial charge in [-0.15, -0.1) is 0 Å². The van der Waals surface area contributed by atoms with E-state index in [-0.39, 0.29) is 40.8 Å². The number of carbonyl (C=O) groups excluding carboxylic acids is 1. The van der Waals surface area contributed by atoms with Crippen LogP contribution < -0.4 is 32.9 Å². The molecule has 0 saturated carbocycles. The van der Waals surface area contributed by atoms with Crippen molar-refractivity contribution in [2.24, 2.45) is 0 Å². The van der Waals surface area contributed by atoms with E-state index in [4.69, 9.17) is 4.74 Å². The van der Waals surface area contributed by atoms with Crippen LogP contribution in [0.3, 0.4) is 0 Å². The van der Waals surface area contributed by atoms with E-state index in [2.05, 4.69) is 41.3 Å². The summed E-state index contributed by atoms with van der Waals surface area (Å²) in [6.45, 7) is 0.502. The Labute approximate surface area is 234 Å². The maximum absolute atomic E-state index is 14.7. The van der Waals surface area contributed by atoms with Crippen LogP contribution in [0.15, 0.2) is 115 Å². The van der Waals surface area contributed by atoms with Crippen molar-refractivity contribution in [1.82, 2.24) is 4.90 Å². The number of nitrogens with zero attached hydrogens (tertiary/aromatic N) is 1. The van der Waals surface area contributed by atoms with E-state index in [1.54, 1.807) is 0 Å². The monoisotopic (exact) mass is 589 g/mol. The molecule has 2 saturated heterocycles. The first-order valence-electron chi connectivity index (χ1n) is 12.9. The molecule has 0 N–H and O–H groups in total. The molecule has 3 nitrogen and oxygen atoms in total. The summed E-state index contributed by atoms with van der Waals surface area (Å²) in [4.78, 5) is 16.8. The highest BCUT2D eigenvalue weighted by Crippen LogP contribution is 2.62. The lowest BCUT2D eigenvalue weighted by Gasteiger charge is -2.48. The highest BCUT2D eigenvalue weighted by atomic mass is 79.9. The Hall–Kier alpha value is -2.85. The van der Waals surface area contributed by atoms with E-state index < -0.39 is 13.1 Å². The second-order valence-corrected chi connectivity index (χ2v) is 13.3. The van der Waals surface area contributed by atoms with E-state index in [1.807, 2.05) is 66.7 Å². The Kier molecular flexibility index (Phi) is 8.09. The van der Waals surface area contributed by atoms with Gasteiger partial charge < -0.3 is 26.6 Å². The van der Waals surface area contributed by atoms with E-state index in [1.165, 1.54) is 12.1 Å². The molecule has 1 amide bonds. The topological polar surface area (TPSA) is 29.5 Å². The number of benzene rings is 4. The number of rotatable bonds is 5. The fourth-order valence-corrected chi connectivity index (χ4v) is 10.5. The number of hydrogen-bond donors (Lipinski definition) is 0. The smallest absolute Gasteiger partial charge is 0.293 e. The third-order valence-electron chi connectivity index (χ3n) is 7.75. The van der Waals surface area contributed by atoms with Gasteiger partial charge in [0.05, 0.1) is 18.7 Å². The summed E-state index contributed by atoms with van der Waals surface area (Å²) in [5.74, 6) is -0.864. The molecular weight excluding hydrogens is 560 g/mol. The zero-order chi connectivity index (χ0) is 25.2. The Balaban J connectivity index is 0.00000294. The molecule has 0 spiro atoms. The van der Waals surface area contributed by atoms with Crippen molar-refractivity contribution < 1.29 is 30.9 Å². The van der Waals surface area contributed by atoms with Crippen LogP contribution in [-0.2, 0) is 9.53 Å². The fourth-order valence-electron chi connectivity index (χ4n) is 6.11. The van der Waals surface area contributed by atoms with Gasteiger partial charge in [-0.25, -0.2) is 4.39 Å². The molecule has 38 heavy (non-hydrogen) atoms. The summed E-state index contributed by atoms with van der Waals surface area (Å²) in [6, 6.07) is 37.8. The summed E-state index contributed by atoms with van der Waals surface area (Å²) in [5, 5.41) is 3.37. The third kappa shape index (κ3) is 4.62. The molecular formula is C32H30BrFNO2P. The van der Waals surface area contributed by atoms with Gasteiger partial charge >= 0.3 is 0 Å². The zero-order valence-corrected chi connectivity index (χ0v) is 23.5. The van der Waals surface area contributed by atoms with Gasteiger partial charge in [0, 0.05) is 0 Å². The van der Waals surface area contributed by atoms with Crippen LogP contribution in [0.4, 0.5) is 4.39 Å². The Morgan fingerprint density at radius 3 is 1.71 bits per heavy atom. The number of morpholine rings is 1. The molecule has 2 fully saturated rings. The van der Waals surface area contributed by atoms with Gasteiger partial charge in [0.15, 0.2) is 7.26 Å². The van der Waals surface area contributed by atoms with Crippen molar-refractivity contribution in [3.8, 4) is 0 Å². The number of carbonyl (C=O) groups is 1. The molecule has 4 aromatic carbocycles. The van der Waals surface area contributed by atoms with Gasteiger partial charge in [-0.2, -0.15) is 0 Å². The maximum Gasteiger partial charge on any atom is 0.293 e. The average molecular weight is 590 g/mol. The Morgan fingerprint density at radius 1 is 0.711 bits per heavy atom. The molecule has 0 aromatic heterocycles. The van der Waals surface area contributed by atoms with E-state index in [0.717, 1.165) is 40.7 Å². The second kappa shape index (κ2) is 11.5. The minimum absolute atomic E-state index is 0. The van der Waals surface area contributed by atoms with Gasteiger partial charge in [0.1, 0.15) is 21.7 Å². The van der Waals surface area contributed by atoms with Gasteiger partial charge in [-0.1, -0.05) is 66.7 Å². The number of piperidine rings is 1. The minimum Gasteiger partial charge on any atom is -1.00 e. The van der Waals surface area contributed by atoms with E-state index >= 15 is 0 Å². The van der Waals surface area contributed by atoms with Gasteiger partial charge in [-0.3, -0.25) is 4.79 Å². The molecule has 1 unspecified atom stereocenters. The number of halogens is 2.